The summed E-state index contributed by atoms with van der Waals surface area (Å²) in [6, 6.07) is 17.3. The van der Waals surface area contributed by atoms with Gasteiger partial charge in [-0.2, -0.15) is 25.2 Å². The molecule has 3 nitrogen and oxygen atoms in total. The first-order valence-electron chi connectivity index (χ1n) is 16.6. The molecule has 0 saturated heterocycles. The van der Waals surface area contributed by atoms with Crippen LogP contribution in [0, 0.1) is 0 Å². The predicted octanol–water partition coefficient (Wildman–Crippen LogP) is 11.5. The van der Waals surface area contributed by atoms with Crippen LogP contribution in [-0.2, 0) is 52.3 Å². The summed E-state index contributed by atoms with van der Waals surface area (Å²) in [5.74, 6) is 0. The summed E-state index contributed by atoms with van der Waals surface area (Å²) in [5, 5.41) is 0. The molecule has 3 rings (SSSR count). The summed E-state index contributed by atoms with van der Waals surface area (Å²) < 4.78 is 76.6. The van der Waals surface area contributed by atoms with Crippen LogP contribution in [0.1, 0.15) is 113 Å². The monoisotopic (exact) mass is 664 g/mol. The second kappa shape index (κ2) is 16.5. The first-order valence-corrected chi connectivity index (χ1v) is 19.6. The average Bonchev–Trinajstić information content (AvgIpc) is 2.97. The summed E-state index contributed by atoms with van der Waals surface area (Å²) in [6.45, 7) is 12.4. The Bertz CT molecular complexity index is 1380. The van der Waals surface area contributed by atoms with Gasteiger partial charge in [0.15, 0.2) is 0 Å². The lowest BCUT2D eigenvalue weighted by molar-refractivity contribution is -0.0496. The number of hydrogen-bond donors (Lipinski definition) is 0. The molecular weight excluding hydrogens is 614 g/mol. The Balaban J connectivity index is 2.77. The zero-order valence-corrected chi connectivity index (χ0v) is 29.5. The van der Waals surface area contributed by atoms with E-state index in [0.29, 0.717) is 40.4 Å². The molecule has 0 saturated carbocycles. The van der Waals surface area contributed by atoms with E-state index in [9.17, 15) is 21.6 Å². The smallest absolute Gasteiger partial charge is 0.200 e. The topological polar surface area (TPSA) is 43.4 Å². The predicted molar refractivity (Wildman–Crippen MR) is 182 cm³/mol. The Morgan fingerprint density at radius 1 is 0.556 bits per heavy atom. The van der Waals surface area contributed by atoms with Crippen LogP contribution < -0.4 is 0 Å². The third-order valence-electron chi connectivity index (χ3n) is 7.88. The third kappa shape index (κ3) is 8.36. The Labute approximate surface area is 271 Å². The van der Waals surface area contributed by atoms with Crippen molar-refractivity contribution in [2.75, 3.05) is 0 Å². The van der Waals surface area contributed by atoms with E-state index in [-0.39, 0.29) is 0 Å². The lowest BCUT2D eigenvalue weighted by Gasteiger charge is -2.44. The molecule has 0 aliphatic rings. The maximum Gasteiger partial charge on any atom is 0.524 e. The molecule has 250 valence electrons. The van der Waals surface area contributed by atoms with Crippen LogP contribution in [0.15, 0.2) is 69.3 Å². The van der Waals surface area contributed by atoms with Gasteiger partial charge in [0.05, 0.1) is 0 Å². The molecule has 0 aromatic heterocycles. The van der Waals surface area contributed by atoms with Crippen molar-refractivity contribution in [1.82, 2.24) is 0 Å². The number of halogens is 3. The maximum absolute atomic E-state index is 14.5. The van der Waals surface area contributed by atoms with Crippen LogP contribution in [0.25, 0.3) is 0 Å². The molecule has 3 aromatic rings. The molecule has 0 unspecified atom stereocenters. The van der Waals surface area contributed by atoms with Crippen LogP contribution >= 0.6 is 10.3 Å². The maximum atomic E-state index is 14.5. The van der Waals surface area contributed by atoms with Crippen molar-refractivity contribution in [1.29, 1.82) is 0 Å². The van der Waals surface area contributed by atoms with Gasteiger partial charge in [-0.1, -0.05) is 123 Å². The van der Waals surface area contributed by atoms with Crippen LogP contribution in [0.5, 0.6) is 0 Å². The minimum absolute atomic E-state index is 0.466. The lowest BCUT2D eigenvalue weighted by Crippen LogP contribution is -2.29. The van der Waals surface area contributed by atoms with Crippen LogP contribution in [-0.4, -0.2) is 13.9 Å². The third-order valence-corrected chi connectivity index (χ3v) is 13.1. The average molecular weight is 665 g/mol. The van der Waals surface area contributed by atoms with Gasteiger partial charge in [-0.3, -0.25) is 0 Å². The Kier molecular flexibility index (Phi) is 13.6. The Hall–Kier alpha value is -2.29. The van der Waals surface area contributed by atoms with Crippen molar-refractivity contribution in [3.8, 4) is 0 Å². The number of aryl methyl sites for hydroxylation is 6. The van der Waals surface area contributed by atoms with Gasteiger partial charge >= 0.3 is 15.6 Å². The van der Waals surface area contributed by atoms with Crippen LogP contribution in [0.2, 0.25) is 0 Å². The fraction of sp³-hybridized carbons (Fsp3) is 0.514. The van der Waals surface area contributed by atoms with E-state index >= 15 is 0 Å². The van der Waals surface area contributed by atoms with E-state index in [0.717, 1.165) is 84.7 Å². The largest absolute Gasteiger partial charge is 0.524 e. The van der Waals surface area contributed by atoms with Crippen LogP contribution in [0.4, 0.5) is 13.2 Å². The van der Waals surface area contributed by atoms with Crippen molar-refractivity contribution >= 4 is 20.4 Å². The van der Waals surface area contributed by atoms with Crippen molar-refractivity contribution < 1.29 is 25.2 Å². The molecule has 0 aliphatic carbocycles. The second-order valence-electron chi connectivity index (χ2n) is 11.8. The fourth-order valence-corrected chi connectivity index (χ4v) is 11.9. The van der Waals surface area contributed by atoms with Crippen molar-refractivity contribution in [2.24, 2.45) is 0 Å². The summed E-state index contributed by atoms with van der Waals surface area (Å²) >= 11 is 0. The Morgan fingerprint density at radius 3 is 1.18 bits per heavy atom. The van der Waals surface area contributed by atoms with E-state index in [2.05, 4.69) is 38.1 Å². The highest BCUT2D eigenvalue weighted by atomic mass is 32.3. The summed E-state index contributed by atoms with van der Waals surface area (Å²) in [5.41, 5.74) is 0.173. The first kappa shape index (κ1) is 37.2. The molecule has 0 fully saturated rings. The van der Waals surface area contributed by atoms with E-state index in [1.807, 2.05) is 27.7 Å². The lowest BCUT2D eigenvalue weighted by atomic mass is 9.97. The van der Waals surface area contributed by atoms with Gasteiger partial charge in [-0.15, -0.1) is 0 Å². The summed E-state index contributed by atoms with van der Waals surface area (Å²) in [4.78, 5) is 1.72. The van der Waals surface area contributed by atoms with Crippen molar-refractivity contribution in [2.45, 2.75) is 139 Å². The minimum atomic E-state index is -6.03. The van der Waals surface area contributed by atoms with Crippen LogP contribution in [0.3, 0.4) is 0 Å². The molecule has 0 aliphatic heterocycles. The number of hydrogen-bond acceptors (Lipinski definition) is 3. The van der Waals surface area contributed by atoms with Gasteiger partial charge in [0.2, 0.25) is 0 Å². The molecular formula is C37H51F3O3S2. The zero-order chi connectivity index (χ0) is 33.3. The molecule has 0 bridgehead atoms. The van der Waals surface area contributed by atoms with Crippen molar-refractivity contribution in [3.05, 3.63) is 88.0 Å². The molecule has 8 heteroatoms. The van der Waals surface area contributed by atoms with Gasteiger partial charge in [0, 0.05) is 14.7 Å². The second-order valence-corrected chi connectivity index (χ2v) is 16.1. The summed E-state index contributed by atoms with van der Waals surface area (Å²) in [6.07, 6.45) is 8.91. The fourth-order valence-electron chi connectivity index (χ4n) is 6.31. The SMILES string of the molecule is CCCc1cc(CCC)c(S(OS(=O)(=O)C(F)(F)F)(c2ccccc2)c2c(CCC)cc(CCC)cc2CCC)c(CCC)c1. The van der Waals surface area contributed by atoms with E-state index in [4.69, 9.17) is 3.63 Å². The van der Waals surface area contributed by atoms with Gasteiger partial charge in [0.25, 0.3) is 0 Å². The van der Waals surface area contributed by atoms with Gasteiger partial charge < -0.3 is 0 Å². The molecule has 0 spiro atoms. The van der Waals surface area contributed by atoms with E-state index in [1.54, 1.807) is 30.3 Å². The number of rotatable bonds is 17. The standard InChI is InChI=1S/C37H51F3O3S2/c1-7-16-28-24-30(18-9-3)35(31(25-28)19-10-4)44(34-22-14-13-15-23-34,43-45(41,42)37(38,39)40)36-32(20-11-5)26-29(17-8-2)27-33(36)21-12-6/h13-15,22-27H,7-12,16-21H2,1-6H3. The molecule has 0 atom stereocenters. The highest BCUT2D eigenvalue weighted by Gasteiger charge is 2.54. The molecule has 0 amide bonds. The van der Waals surface area contributed by atoms with Gasteiger partial charge in [-0.05, 0) is 94.3 Å². The number of alkyl halides is 3. The van der Waals surface area contributed by atoms with Gasteiger partial charge in [0.1, 0.15) is 0 Å². The Morgan fingerprint density at radius 2 is 0.889 bits per heavy atom. The summed E-state index contributed by atoms with van der Waals surface area (Å²) in [7, 11) is -9.49. The van der Waals surface area contributed by atoms with E-state index in [1.165, 1.54) is 0 Å². The minimum Gasteiger partial charge on any atom is -0.200 e. The van der Waals surface area contributed by atoms with Crippen molar-refractivity contribution in [3.63, 3.8) is 0 Å². The van der Waals surface area contributed by atoms with Gasteiger partial charge in [-0.25, -0.2) is 0 Å². The zero-order valence-electron chi connectivity index (χ0n) is 27.9. The molecule has 0 N–H and O–H groups in total. The molecule has 3 aromatic carbocycles. The normalized spacial score (nSPS) is 12.9. The highest BCUT2D eigenvalue weighted by molar-refractivity contribution is 8.33. The molecule has 0 heterocycles. The molecule has 0 radical (unpaired) electrons. The highest BCUT2D eigenvalue weighted by Crippen LogP contribution is 2.74. The first-order chi connectivity index (χ1) is 21.4. The quantitative estimate of drug-likeness (QED) is 0.135. The number of benzene rings is 3. The molecule has 45 heavy (non-hydrogen) atoms. The van der Waals surface area contributed by atoms with E-state index < -0.39 is 25.9 Å².